The topological polar surface area (TPSA) is 97.8 Å². The van der Waals surface area contributed by atoms with Gasteiger partial charge < -0.3 is 14.8 Å². The maximum atomic E-state index is 14.7. The zero-order chi connectivity index (χ0) is 23.7. The molecule has 1 aromatic heterocycles. The summed E-state index contributed by atoms with van der Waals surface area (Å²) >= 11 is 1.41. The lowest BCUT2D eigenvalue weighted by atomic mass is 10.2. The number of carbonyl (C=O) groups excluding carboxylic acids is 3. The Hall–Kier alpha value is -2.19. The second-order valence-corrected chi connectivity index (χ2v) is 8.90. The molecule has 0 atom stereocenters. The van der Waals surface area contributed by atoms with Gasteiger partial charge in [-0.2, -0.15) is 18.1 Å². The molecule has 0 aliphatic carbocycles. The molecule has 0 saturated carbocycles. The number of anilines is 2. The third-order valence-corrected chi connectivity index (χ3v) is 3.60. The first-order valence-corrected chi connectivity index (χ1v) is 9.40. The van der Waals surface area contributed by atoms with Crippen molar-refractivity contribution >= 4 is 52.2 Å². The van der Waals surface area contributed by atoms with Crippen molar-refractivity contribution in [3.8, 4) is 0 Å². The van der Waals surface area contributed by atoms with Crippen LogP contribution in [0.4, 0.5) is 38.7 Å². The highest BCUT2D eigenvalue weighted by Crippen LogP contribution is 2.29. The number of hydrogen-bond acceptors (Lipinski definition) is 6. The van der Waals surface area contributed by atoms with E-state index >= 15 is 0 Å². The summed E-state index contributed by atoms with van der Waals surface area (Å²) in [6.07, 6.45) is -7.84. The van der Waals surface area contributed by atoms with E-state index in [0.717, 1.165) is 0 Å². The zero-order valence-electron chi connectivity index (χ0n) is 16.9. The van der Waals surface area contributed by atoms with E-state index < -0.39 is 52.8 Å². The Morgan fingerprint density at radius 1 is 1.00 bits per heavy atom. The van der Waals surface area contributed by atoms with Crippen LogP contribution in [0.1, 0.15) is 41.5 Å². The minimum atomic E-state index is -5.21. The molecule has 1 N–H and O–H groups in total. The fourth-order valence-corrected chi connectivity index (χ4v) is 2.28. The van der Waals surface area contributed by atoms with Gasteiger partial charge in [0.1, 0.15) is 14.9 Å². The van der Waals surface area contributed by atoms with Gasteiger partial charge in [-0.25, -0.2) is 19.0 Å². The number of alkyl halides is 3. The maximum Gasteiger partial charge on any atom is 0.471 e. The summed E-state index contributed by atoms with van der Waals surface area (Å²) in [7, 11) is 0. The van der Waals surface area contributed by atoms with E-state index in [1.807, 2.05) is 0 Å². The normalized spacial score (nSPS) is 12.2. The molecule has 0 saturated heterocycles. The first-order chi connectivity index (χ1) is 13.3. The SMILES string of the molecule is CC(C)(C)OC(=O)N(C(=O)OC(C)(C)C)c1nc(I)c(NC(=O)C(F)(F)F)cc1F. The van der Waals surface area contributed by atoms with E-state index in [2.05, 4.69) is 4.98 Å². The monoisotopic (exact) mass is 549 g/mol. The Bertz CT molecular complexity index is 820. The van der Waals surface area contributed by atoms with Crippen LogP contribution in [0.5, 0.6) is 0 Å². The van der Waals surface area contributed by atoms with Gasteiger partial charge in [0, 0.05) is 6.07 Å². The number of ether oxygens (including phenoxy) is 2. The van der Waals surface area contributed by atoms with Gasteiger partial charge in [-0.15, -0.1) is 0 Å². The van der Waals surface area contributed by atoms with Crippen molar-refractivity contribution in [2.24, 2.45) is 0 Å². The Kier molecular flexibility index (Phi) is 7.66. The van der Waals surface area contributed by atoms with E-state index in [1.165, 1.54) is 69.5 Å². The van der Waals surface area contributed by atoms with Crippen LogP contribution in [0.15, 0.2) is 6.07 Å². The van der Waals surface area contributed by atoms with Gasteiger partial charge in [0.2, 0.25) is 0 Å². The molecule has 0 unspecified atom stereocenters. The van der Waals surface area contributed by atoms with Crippen LogP contribution in [0.2, 0.25) is 0 Å². The third-order valence-electron chi connectivity index (χ3n) is 2.78. The van der Waals surface area contributed by atoms with Gasteiger partial charge in [-0.05, 0) is 64.1 Å². The smallest absolute Gasteiger partial charge is 0.443 e. The molecule has 0 aliphatic heterocycles. The number of imide groups is 1. The lowest BCUT2D eigenvalue weighted by molar-refractivity contribution is -0.167. The molecule has 0 aromatic carbocycles. The summed E-state index contributed by atoms with van der Waals surface area (Å²) in [4.78, 5) is 40.0. The Morgan fingerprint density at radius 2 is 1.43 bits per heavy atom. The zero-order valence-corrected chi connectivity index (χ0v) is 19.1. The van der Waals surface area contributed by atoms with Crippen LogP contribution < -0.4 is 10.2 Å². The molecule has 0 aliphatic rings. The Morgan fingerprint density at radius 3 is 1.80 bits per heavy atom. The summed E-state index contributed by atoms with van der Waals surface area (Å²) in [6.45, 7) is 9.01. The molecule has 13 heteroatoms. The number of amides is 3. The number of nitrogens with one attached hydrogen (secondary N) is 1. The Labute approximate surface area is 183 Å². The standard InChI is InChI=1S/C17H20F4IN3O5/c1-15(2,3)29-13(27)25(14(28)30-16(4,5)6)11-8(18)7-9(10(22)24-11)23-12(26)17(19,20)21/h7H,1-6H3,(H,23,26). The van der Waals surface area contributed by atoms with Crippen molar-refractivity contribution < 1.29 is 41.4 Å². The first-order valence-electron chi connectivity index (χ1n) is 8.32. The maximum absolute atomic E-state index is 14.7. The largest absolute Gasteiger partial charge is 0.471 e. The predicted octanol–water partition coefficient (Wildman–Crippen LogP) is 5.00. The summed E-state index contributed by atoms with van der Waals surface area (Å²) in [5, 5.41) is 1.47. The number of halogens is 5. The Balaban J connectivity index is 3.42. The van der Waals surface area contributed by atoms with Crippen LogP contribution in [-0.2, 0) is 14.3 Å². The number of rotatable bonds is 2. The van der Waals surface area contributed by atoms with Crippen molar-refractivity contribution in [2.75, 3.05) is 10.2 Å². The van der Waals surface area contributed by atoms with Crippen LogP contribution >= 0.6 is 22.6 Å². The number of nitrogens with zero attached hydrogens (tertiary/aromatic N) is 2. The highest BCUT2D eigenvalue weighted by atomic mass is 127. The van der Waals surface area contributed by atoms with E-state index in [-0.39, 0.29) is 8.60 Å². The quantitative estimate of drug-likeness (QED) is 0.317. The summed E-state index contributed by atoms with van der Waals surface area (Å²) < 4.78 is 61.8. The van der Waals surface area contributed by atoms with Crippen molar-refractivity contribution in [3.63, 3.8) is 0 Å². The number of pyridine rings is 1. The molecule has 1 rings (SSSR count). The molecule has 1 heterocycles. The van der Waals surface area contributed by atoms with Gasteiger partial charge in [0.15, 0.2) is 11.6 Å². The summed E-state index contributed by atoms with van der Waals surface area (Å²) in [6, 6.07) is 0.496. The van der Waals surface area contributed by atoms with Crippen molar-refractivity contribution in [2.45, 2.75) is 58.9 Å². The van der Waals surface area contributed by atoms with Gasteiger partial charge in [-0.1, -0.05) is 0 Å². The van der Waals surface area contributed by atoms with E-state index in [9.17, 15) is 31.9 Å². The number of carbonyl (C=O) groups is 3. The third kappa shape index (κ3) is 7.57. The average molecular weight is 549 g/mol. The minimum Gasteiger partial charge on any atom is -0.443 e. The molecule has 1 aromatic rings. The minimum absolute atomic E-state index is 0.184. The highest BCUT2D eigenvalue weighted by molar-refractivity contribution is 14.1. The molecule has 0 fully saturated rings. The van der Waals surface area contributed by atoms with E-state index in [0.29, 0.717) is 6.07 Å². The van der Waals surface area contributed by atoms with Gasteiger partial charge in [0.05, 0.1) is 5.69 Å². The average Bonchev–Trinajstić information content (AvgIpc) is 2.47. The van der Waals surface area contributed by atoms with Crippen molar-refractivity contribution in [1.82, 2.24) is 4.98 Å². The highest BCUT2D eigenvalue weighted by Gasteiger charge is 2.40. The second-order valence-electron chi connectivity index (χ2n) is 7.88. The lowest BCUT2D eigenvalue weighted by Gasteiger charge is -2.28. The molecule has 0 spiro atoms. The number of hydrogen-bond donors (Lipinski definition) is 1. The summed E-state index contributed by atoms with van der Waals surface area (Å²) in [5.74, 6) is -4.58. The molecule has 3 amide bonds. The second kappa shape index (κ2) is 8.89. The van der Waals surface area contributed by atoms with Gasteiger partial charge in [-0.3, -0.25) is 4.79 Å². The van der Waals surface area contributed by atoms with Gasteiger partial charge in [0.25, 0.3) is 0 Å². The van der Waals surface area contributed by atoms with Crippen LogP contribution in [-0.4, -0.2) is 40.5 Å². The van der Waals surface area contributed by atoms with Crippen LogP contribution in [0.25, 0.3) is 0 Å². The van der Waals surface area contributed by atoms with Gasteiger partial charge >= 0.3 is 24.3 Å². The lowest BCUT2D eigenvalue weighted by Crippen LogP contribution is -2.44. The molecular weight excluding hydrogens is 529 g/mol. The van der Waals surface area contributed by atoms with E-state index in [1.54, 1.807) is 0 Å². The molecule has 0 bridgehead atoms. The van der Waals surface area contributed by atoms with Crippen LogP contribution in [0, 0.1) is 9.52 Å². The molecule has 0 radical (unpaired) electrons. The fraction of sp³-hybridized carbons (Fsp3) is 0.529. The molecule has 168 valence electrons. The molecular formula is C17H20F4IN3O5. The summed E-state index contributed by atoms with van der Waals surface area (Å²) in [5.41, 5.74) is -2.74. The van der Waals surface area contributed by atoms with Crippen molar-refractivity contribution in [3.05, 3.63) is 15.6 Å². The number of aromatic nitrogens is 1. The molecule has 30 heavy (non-hydrogen) atoms. The molecule has 8 nitrogen and oxygen atoms in total. The van der Waals surface area contributed by atoms with Crippen molar-refractivity contribution in [1.29, 1.82) is 0 Å². The first kappa shape index (κ1) is 25.8. The van der Waals surface area contributed by atoms with Crippen LogP contribution in [0.3, 0.4) is 0 Å². The van der Waals surface area contributed by atoms with E-state index in [4.69, 9.17) is 9.47 Å². The predicted molar refractivity (Wildman–Crippen MR) is 107 cm³/mol. The fourth-order valence-electron chi connectivity index (χ4n) is 1.76.